The summed E-state index contributed by atoms with van der Waals surface area (Å²) in [5.74, 6) is 0.936. The predicted molar refractivity (Wildman–Crippen MR) is 179 cm³/mol. The molecular formula is C38H43NO3S. The highest BCUT2D eigenvalue weighted by atomic mass is 32.2. The van der Waals surface area contributed by atoms with Crippen LogP contribution in [-0.4, -0.2) is 44.5 Å². The SMILES string of the molecule is COCSc1cc2c3c(cc(O)c2cc1-c1ccc(N2CCOCC2)cc1)C1(CC(C)(C)CC(C)(C)C1)c1ccccc1-3. The highest BCUT2D eigenvalue weighted by Gasteiger charge is 2.53. The molecule has 0 bridgehead atoms. The quantitative estimate of drug-likeness (QED) is 0.185. The van der Waals surface area contributed by atoms with Crippen molar-refractivity contribution in [2.24, 2.45) is 10.8 Å². The Labute approximate surface area is 260 Å². The predicted octanol–water partition coefficient (Wildman–Crippen LogP) is 9.25. The van der Waals surface area contributed by atoms with Crippen molar-refractivity contribution in [2.75, 3.05) is 44.3 Å². The summed E-state index contributed by atoms with van der Waals surface area (Å²) in [7, 11) is 1.75. The molecule has 2 fully saturated rings. The number of rotatable bonds is 5. The molecule has 5 heteroatoms. The van der Waals surface area contributed by atoms with E-state index in [2.05, 4.69) is 99.3 Å². The molecule has 224 valence electrons. The monoisotopic (exact) mass is 593 g/mol. The third-order valence-electron chi connectivity index (χ3n) is 9.85. The van der Waals surface area contributed by atoms with E-state index in [9.17, 15) is 5.11 Å². The van der Waals surface area contributed by atoms with Crippen molar-refractivity contribution in [1.82, 2.24) is 0 Å². The summed E-state index contributed by atoms with van der Waals surface area (Å²) in [4.78, 5) is 3.55. The van der Waals surface area contributed by atoms with E-state index in [1.807, 2.05) is 0 Å². The van der Waals surface area contributed by atoms with E-state index in [-0.39, 0.29) is 16.2 Å². The van der Waals surface area contributed by atoms with Gasteiger partial charge in [0.05, 0.1) is 19.2 Å². The molecule has 1 saturated carbocycles. The van der Waals surface area contributed by atoms with E-state index in [0.717, 1.165) is 61.0 Å². The maximum absolute atomic E-state index is 11.8. The van der Waals surface area contributed by atoms with Crippen LogP contribution < -0.4 is 4.90 Å². The Kier molecular flexibility index (Phi) is 7.07. The van der Waals surface area contributed by atoms with Crippen molar-refractivity contribution in [2.45, 2.75) is 57.3 Å². The van der Waals surface area contributed by atoms with Crippen molar-refractivity contribution in [1.29, 1.82) is 0 Å². The summed E-state index contributed by atoms with van der Waals surface area (Å²) in [6, 6.07) is 24.5. The molecule has 1 spiro atoms. The van der Waals surface area contributed by atoms with Crippen molar-refractivity contribution in [3.8, 4) is 28.0 Å². The minimum atomic E-state index is -0.114. The zero-order valence-corrected chi connectivity index (χ0v) is 26.9. The number of nitrogens with zero attached hydrogens (tertiary/aromatic N) is 1. The number of benzene rings is 4. The van der Waals surface area contributed by atoms with Gasteiger partial charge < -0.3 is 19.5 Å². The van der Waals surface area contributed by atoms with Crippen LogP contribution in [-0.2, 0) is 14.9 Å². The van der Waals surface area contributed by atoms with Crippen molar-refractivity contribution >= 4 is 28.2 Å². The fraction of sp³-hybridized carbons (Fsp3) is 0.421. The van der Waals surface area contributed by atoms with E-state index >= 15 is 0 Å². The van der Waals surface area contributed by atoms with Crippen LogP contribution in [0.25, 0.3) is 33.0 Å². The average Bonchev–Trinajstić information content (AvgIpc) is 3.22. The van der Waals surface area contributed by atoms with Crippen LogP contribution >= 0.6 is 11.8 Å². The van der Waals surface area contributed by atoms with E-state index in [0.29, 0.717) is 11.7 Å². The molecule has 1 heterocycles. The molecule has 43 heavy (non-hydrogen) atoms. The first kappa shape index (κ1) is 28.8. The van der Waals surface area contributed by atoms with E-state index in [1.165, 1.54) is 39.3 Å². The van der Waals surface area contributed by atoms with Gasteiger partial charge in [0, 0.05) is 41.6 Å². The third-order valence-corrected chi connectivity index (χ3v) is 10.8. The first-order chi connectivity index (χ1) is 20.6. The van der Waals surface area contributed by atoms with Gasteiger partial charge in [-0.3, -0.25) is 0 Å². The molecule has 0 aromatic heterocycles. The minimum absolute atomic E-state index is 0.114. The second-order valence-corrected chi connectivity index (χ2v) is 15.4. The zero-order valence-electron chi connectivity index (χ0n) is 26.1. The summed E-state index contributed by atoms with van der Waals surface area (Å²) in [5.41, 5.74) is 9.10. The Bertz CT molecular complexity index is 1670. The van der Waals surface area contributed by atoms with Gasteiger partial charge >= 0.3 is 0 Å². The molecule has 1 aliphatic heterocycles. The highest BCUT2D eigenvalue weighted by Crippen LogP contribution is 2.65. The topological polar surface area (TPSA) is 41.9 Å². The summed E-state index contributed by atoms with van der Waals surface area (Å²) < 4.78 is 11.1. The number of anilines is 1. The fourth-order valence-electron chi connectivity index (χ4n) is 9.00. The van der Waals surface area contributed by atoms with Crippen LogP contribution in [0.15, 0.2) is 71.6 Å². The lowest BCUT2D eigenvalue weighted by Crippen LogP contribution is -2.43. The van der Waals surface area contributed by atoms with Gasteiger partial charge in [0.2, 0.25) is 0 Å². The molecule has 0 unspecified atom stereocenters. The van der Waals surface area contributed by atoms with E-state index < -0.39 is 0 Å². The Morgan fingerprint density at radius 2 is 1.51 bits per heavy atom. The summed E-state index contributed by atoms with van der Waals surface area (Å²) in [5, 5.41) is 13.8. The lowest BCUT2D eigenvalue weighted by molar-refractivity contribution is 0.0645. The standard InChI is InChI=1S/C38H43NO3S/c1-36(2)21-37(3,4)23-38(22-36)31-9-7-6-8-27(31)35-30-19-34(43-24-41-5)28(18-29(30)33(40)20-32(35)38)25-10-12-26(13-11-25)39-14-16-42-17-15-39/h6-13,18-20,40H,14-17,21-24H2,1-5H3. The van der Waals surface area contributed by atoms with Crippen molar-refractivity contribution in [3.63, 3.8) is 0 Å². The Balaban J connectivity index is 1.42. The van der Waals surface area contributed by atoms with Crippen LogP contribution in [0.2, 0.25) is 0 Å². The molecule has 7 rings (SSSR count). The highest BCUT2D eigenvalue weighted by molar-refractivity contribution is 7.99. The number of methoxy groups -OCH3 is 1. The molecule has 4 aromatic rings. The molecule has 1 saturated heterocycles. The van der Waals surface area contributed by atoms with Crippen molar-refractivity contribution < 1.29 is 14.6 Å². The molecule has 4 aromatic carbocycles. The van der Waals surface area contributed by atoms with Crippen molar-refractivity contribution in [3.05, 3.63) is 77.9 Å². The van der Waals surface area contributed by atoms with Crippen LogP contribution in [0.1, 0.15) is 58.1 Å². The molecule has 1 N–H and O–H groups in total. The summed E-state index contributed by atoms with van der Waals surface area (Å²) in [6.45, 7) is 13.1. The Hall–Kier alpha value is -2.99. The summed E-state index contributed by atoms with van der Waals surface area (Å²) in [6.07, 6.45) is 3.36. The Morgan fingerprint density at radius 3 is 2.21 bits per heavy atom. The molecular weight excluding hydrogens is 550 g/mol. The average molecular weight is 594 g/mol. The van der Waals surface area contributed by atoms with Crippen LogP contribution in [0.5, 0.6) is 5.75 Å². The lowest BCUT2D eigenvalue weighted by Gasteiger charge is -2.51. The van der Waals surface area contributed by atoms with Gasteiger partial charge in [0.1, 0.15) is 5.75 Å². The molecule has 0 radical (unpaired) electrons. The minimum Gasteiger partial charge on any atom is -0.507 e. The molecule has 2 aliphatic carbocycles. The maximum atomic E-state index is 11.8. The van der Waals surface area contributed by atoms with Gasteiger partial charge in [-0.25, -0.2) is 0 Å². The number of phenolic OH excluding ortho intramolecular Hbond substituents is 1. The lowest BCUT2D eigenvalue weighted by atomic mass is 9.52. The molecule has 3 aliphatic rings. The van der Waals surface area contributed by atoms with Crippen LogP contribution in [0.3, 0.4) is 0 Å². The number of phenols is 1. The third kappa shape index (κ3) is 4.94. The number of morpholine rings is 1. The summed E-state index contributed by atoms with van der Waals surface area (Å²) >= 11 is 1.72. The van der Waals surface area contributed by atoms with Gasteiger partial charge in [0.25, 0.3) is 0 Å². The number of hydrogen-bond donors (Lipinski definition) is 1. The zero-order chi connectivity index (χ0) is 30.0. The number of aromatic hydroxyl groups is 1. The van der Waals surface area contributed by atoms with E-state index in [4.69, 9.17) is 9.47 Å². The van der Waals surface area contributed by atoms with Gasteiger partial charge in [-0.2, -0.15) is 0 Å². The fourth-order valence-corrected chi connectivity index (χ4v) is 9.78. The largest absolute Gasteiger partial charge is 0.507 e. The first-order valence-corrected chi connectivity index (χ1v) is 16.6. The normalized spacial score (nSPS) is 19.9. The van der Waals surface area contributed by atoms with Crippen LogP contribution in [0, 0.1) is 10.8 Å². The van der Waals surface area contributed by atoms with Crippen LogP contribution in [0.4, 0.5) is 5.69 Å². The Morgan fingerprint density at radius 1 is 0.814 bits per heavy atom. The number of hydrogen-bond acceptors (Lipinski definition) is 5. The van der Waals surface area contributed by atoms with E-state index in [1.54, 1.807) is 18.9 Å². The molecule has 4 nitrogen and oxygen atoms in total. The van der Waals surface area contributed by atoms with Gasteiger partial charge in [-0.15, -0.1) is 0 Å². The molecule has 0 amide bonds. The number of thioether (sulfide) groups is 1. The van der Waals surface area contributed by atoms with Gasteiger partial charge in [0.15, 0.2) is 0 Å². The first-order valence-electron chi connectivity index (χ1n) is 15.6. The second-order valence-electron chi connectivity index (χ2n) is 14.4. The maximum Gasteiger partial charge on any atom is 0.123 e. The number of ether oxygens (including phenoxy) is 2. The smallest absolute Gasteiger partial charge is 0.123 e. The molecule has 0 atom stereocenters. The van der Waals surface area contributed by atoms with Gasteiger partial charge in [-0.1, -0.05) is 75.9 Å². The second kappa shape index (κ2) is 10.6. The van der Waals surface area contributed by atoms with Gasteiger partial charge in [-0.05, 0) is 99.2 Å². The number of fused-ring (bicyclic) bond motifs is 7.